The van der Waals surface area contributed by atoms with Gasteiger partial charge >= 0.3 is 6.18 Å². The molecule has 6 rings (SSSR count). The van der Waals surface area contributed by atoms with Gasteiger partial charge in [-0.2, -0.15) is 18.3 Å². The lowest BCUT2D eigenvalue weighted by Crippen LogP contribution is -2.44. The maximum absolute atomic E-state index is 13.2. The Hall–Kier alpha value is -2.83. The fourth-order valence-electron chi connectivity index (χ4n) is 6.30. The summed E-state index contributed by atoms with van der Waals surface area (Å²) in [6.07, 6.45) is 2.77. The number of alkyl halides is 3. The Morgan fingerprint density at radius 2 is 2.07 bits per heavy atom. The summed E-state index contributed by atoms with van der Waals surface area (Å²) in [6, 6.07) is 5.98. The number of fused-ring (bicyclic) bond motifs is 2. The van der Waals surface area contributed by atoms with Crippen LogP contribution in [-0.4, -0.2) is 76.2 Å². The van der Waals surface area contributed by atoms with Crippen molar-refractivity contribution in [3.8, 4) is 0 Å². The smallest absolute Gasteiger partial charge is 0.381 e. The van der Waals surface area contributed by atoms with Crippen LogP contribution in [0.5, 0.6) is 0 Å². The number of aryl methyl sites for hydroxylation is 2. The van der Waals surface area contributed by atoms with Crippen LogP contribution in [0.1, 0.15) is 53.3 Å². The molecule has 2 aromatic heterocycles. The van der Waals surface area contributed by atoms with Crippen molar-refractivity contribution in [2.45, 2.75) is 67.8 Å². The maximum Gasteiger partial charge on any atom is 0.416 e. The molecular formula is C29H35F3N6O2S. The number of ether oxygens (including phenoxy) is 1. The normalized spacial score (nSPS) is 25.3. The van der Waals surface area contributed by atoms with Gasteiger partial charge in [0.25, 0.3) is 0 Å². The van der Waals surface area contributed by atoms with Gasteiger partial charge in [-0.05, 0) is 74.4 Å². The first kappa shape index (κ1) is 28.3. The summed E-state index contributed by atoms with van der Waals surface area (Å²) in [6.45, 7) is 5.15. The van der Waals surface area contributed by atoms with Crippen LogP contribution in [0.25, 0.3) is 10.9 Å². The summed E-state index contributed by atoms with van der Waals surface area (Å²) in [4.78, 5) is 20.2. The number of halogens is 3. The molecule has 0 spiro atoms. The highest BCUT2D eigenvalue weighted by molar-refractivity contribution is 8.00. The van der Waals surface area contributed by atoms with E-state index in [-0.39, 0.29) is 29.6 Å². The molecule has 41 heavy (non-hydrogen) atoms. The van der Waals surface area contributed by atoms with Gasteiger partial charge in [0.15, 0.2) is 5.82 Å². The number of aromatic amines is 1. The highest BCUT2D eigenvalue weighted by atomic mass is 32.2. The number of rotatable bonds is 7. The first-order valence-corrected chi connectivity index (χ1v) is 15.2. The second-order valence-corrected chi connectivity index (χ2v) is 12.7. The zero-order valence-corrected chi connectivity index (χ0v) is 23.8. The van der Waals surface area contributed by atoms with Crippen LogP contribution in [0, 0.1) is 6.92 Å². The van der Waals surface area contributed by atoms with E-state index in [0.29, 0.717) is 22.2 Å². The van der Waals surface area contributed by atoms with E-state index in [4.69, 9.17) is 4.74 Å². The Labute approximate surface area is 241 Å². The van der Waals surface area contributed by atoms with Gasteiger partial charge in [0, 0.05) is 60.1 Å². The summed E-state index contributed by atoms with van der Waals surface area (Å²) in [5.41, 5.74) is 3.42. The van der Waals surface area contributed by atoms with E-state index in [1.54, 1.807) is 0 Å². The summed E-state index contributed by atoms with van der Waals surface area (Å²) in [5, 5.41) is 13.9. The molecule has 1 aromatic carbocycles. The molecule has 12 heteroatoms. The van der Waals surface area contributed by atoms with E-state index >= 15 is 0 Å². The molecule has 1 amide bonds. The van der Waals surface area contributed by atoms with Crippen LogP contribution in [0.2, 0.25) is 0 Å². The van der Waals surface area contributed by atoms with Crippen LogP contribution in [0.4, 0.5) is 19.0 Å². The van der Waals surface area contributed by atoms with E-state index in [0.717, 1.165) is 76.2 Å². The van der Waals surface area contributed by atoms with Gasteiger partial charge in [-0.1, -0.05) is 0 Å². The van der Waals surface area contributed by atoms with Crippen molar-refractivity contribution in [1.29, 1.82) is 0 Å². The van der Waals surface area contributed by atoms with Gasteiger partial charge in [-0.15, -0.1) is 11.8 Å². The molecular weight excluding hydrogens is 553 g/mol. The molecule has 0 saturated carbocycles. The van der Waals surface area contributed by atoms with Crippen molar-refractivity contribution in [3.05, 3.63) is 52.8 Å². The van der Waals surface area contributed by atoms with E-state index in [2.05, 4.69) is 36.8 Å². The van der Waals surface area contributed by atoms with Crippen molar-refractivity contribution in [1.82, 2.24) is 25.4 Å². The topological polar surface area (TPSA) is 95.2 Å². The van der Waals surface area contributed by atoms with Crippen molar-refractivity contribution in [2.75, 3.05) is 38.2 Å². The molecule has 2 aliphatic heterocycles. The van der Waals surface area contributed by atoms with Crippen LogP contribution < -0.4 is 10.6 Å². The van der Waals surface area contributed by atoms with Crippen LogP contribution in [-0.2, 0) is 22.1 Å². The summed E-state index contributed by atoms with van der Waals surface area (Å²) < 4.78 is 45.4. The molecule has 3 N–H and O–H groups in total. The number of pyridine rings is 1. The molecule has 220 valence electrons. The predicted octanol–water partition coefficient (Wildman–Crippen LogP) is 4.86. The van der Waals surface area contributed by atoms with Crippen LogP contribution >= 0.6 is 11.8 Å². The number of likely N-dealkylation sites (tertiary alicyclic amines) is 1. The molecule has 3 aliphatic rings. The number of H-pyrrole nitrogens is 1. The molecule has 3 aromatic rings. The van der Waals surface area contributed by atoms with Gasteiger partial charge in [0.1, 0.15) is 0 Å². The average Bonchev–Trinajstić information content (AvgIpc) is 3.57. The lowest BCUT2D eigenvalue weighted by atomic mass is 10.1. The highest BCUT2D eigenvalue weighted by Gasteiger charge is 2.40. The second kappa shape index (κ2) is 11.8. The molecule has 3 unspecified atom stereocenters. The third kappa shape index (κ3) is 6.34. The Morgan fingerprint density at radius 3 is 2.93 bits per heavy atom. The van der Waals surface area contributed by atoms with Gasteiger partial charge in [-0.3, -0.25) is 19.8 Å². The molecule has 0 bridgehead atoms. The van der Waals surface area contributed by atoms with Gasteiger partial charge < -0.3 is 15.4 Å². The van der Waals surface area contributed by atoms with E-state index < -0.39 is 11.7 Å². The molecule has 0 radical (unpaired) electrons. The predicted molar refractivity (Wildman–Crippen MR) is 153 cm³/mol. The number of nitrogens with one attached hydrogen (secondary N) is 3. The Morgan fingerprint density at radius 1 is 1.20 bits per heavy atom. The number of carbonyl (C=O) groups is 1. The fourth-order valence-corrected chi connectivity index (χ4v) is 7.96. The highest BCUT2D eigenvalue weighted by Crippen LogP contribution is 2.45. The number of aromatic nitrogens is 3. The molecule has 2 fully saturated rings. The minimum absolute atomic E-state index is 0.0475. The minimum Gasteiger partial charge on any atom is -0.381 e. The summed E-state index contributed by atoms with van der Waals surface area (Å²) in [7, 11) is 0. The van der Waals surface area contributed by atoms with Crippen molar-refractivity contribution in [3.63, 3.8) is 0 Å². The van der Waals surface area contributed by atoms with Crippen molar-refractivity contribution < 1.29 is 22.7 Å². The van der Waals surface area contributed by atoms with Crippen molar-refractivity contribution in [2.24, 2.45) is 0 Å². The maximum atomic E-state index is 13.2. The average molecular weight is 589 g/mol. The fraction of sp³-hybridized carbons (Fsp3) is 0.552. The molecule has 4 heterocycles. The number of amides is 1. The third-order valence-corrected chi connectivity index (χ3v) is 10.1. The number of nitrogens with zero attached hydrogens (tertiary/aromatic N) is 3. The van der Waals surface area contributed by atoms with E-state index in [1.165, 1.54) is 17.2 Å². The monoisotopic (exact) mass is 588 g/mol. The summed E-state index contributed by atoms with van der Waals surface area (Å²) in [5.74, 6) is 0.0166. The first-order chi connectivity index (χ1) is 19.7. The van der Waals surface area contributed by atoms with E-state index in [1.807, 2.05) is 24.9 Å². The first-order valence-electron chi connectivity index (χ1n) is 14.3. The Bertz CT molecular complexity index is 1390. The van der Waals surface area contributed by atoms with Gasteiger partial charge in [-0.25, -0.2) is 0 Å². The minimum atomic E-state index is -4.46. The van der Waals surface area contributed by atoms with Crippen LogP contribution in [0.3, 0.4) is 0 Å². The van der Waals surface area contributed by atoms with Gasteiger partial charge in [0.2, 0.25) is 5.91 Å². The zero-order valence-electron chi connectivity index (χ0n) is 23.0. The SMILES string of the molecule is Cc1cc2c(cn1)C(S[C@H]1CN(C3CCCOCC3)CC1NC(=O)CNc1n[nH]c3ccc(C(F)(F)F)cc13)CC2. The molecule has 2 saturated heterocycles. The van der Waals surface area contributed by atoms with E-state index in [9.17, 15) is 18.0 Å². The molecule has 8 nitrogen and oxygen atoms in total. The lowest BCUT2D eigenvalue weighted by Gasteiger charge is -2.26. The number of hydrogen-bond donors (Lipinski definition) is 3. The Balaban J connectivity index is 1.14. The molecule has 4 atom stereocenters. The standard InChI is InChI=1S/C29H35F3N6O2S/c1-17-11-18-4-7-25(22(18)13-33-17)41-26-16-38(20-3-2-9-40-10-8-20)15-24(26)35-27(39)14-34-28-21-12-19(29(30,31)32)5-6-23(21)36-37-28/h5-6,11-13,20,24-26H,2-4,7-10,14-16H2,1H3,(H,35,39)(H2,34,36,37)/t20?,24?,25?,26-/m0/s1. The quantitative estimate of drug-likeness (QED) is 0.363. The number of thioether (sulfide) groups is 1. The van der Waals surface area contributed by atoms with Gasteiger partial charge in [0.05, 0.1) is 23.7 Å². The van der Waals surface area contributed by atoms with Crippen molar-refractivity contribution >= 4 is 34.4 Å². The third-order valence-electron chi connectivity index (χ3n) is 8.41. The summed E-state index contributed by atoms with van der Waals surface area (Å²) >= 11 is 1.94. The Kier molecular flexibility index (Phi) is 8.15. The lowest BCUT2D eigenvalue weighted by molar-refractivity contribution is -0.137. The number of anilines is 1. The number of carbonyl (C=O) groups excluding carboxylic acids is 1. The number of hydrogen-bond acceptors (Lipinski definition) is 7. The number of benzene rings is 1. The zero-order chi connectivity index (χ0) is 28.6. The molecule has 1 aliphatic carbocycles. The largest absolute Gasteiger partial charge is 0.416 e. The van der Waals surface area contributed by atoms with Crippen LogP contribution in [0.15, 0.2) is 30.5 Å². The second-order valence-electron chi connectivity index (χ2n) is 11.2.